The van der Waals surface area contributed by atoms with Crippen LogP contribution in [0.2, 0.25) is 0 Å². The monoisotopic (exact) mass is 437 g/mol. The molecule has 3 N–H and O–H groups in total. The molecule has 0 unspecified atom stereocenters. The van der Waals surface area contributed by atoms with Crippen LogP contribution in [0.15, 0.2) is 46.5 Å². The number of hydrogen-bond acceptors (Lipinski definition) is 7. The van der Waals surface area contributed by atoms with E-state index in [-0.39, 0.29) is 5.91 Å². The number of H-pyrrole nitrogens is 1. The molecule has 0 aliphatic carbocycles. The summed E-state index contributed by atoms with van der Waals surface area (Å²) in [5, 5.41) is 14.0. The highest BCUT2D eigenvalue weighted by Crippen LogP contribution is 2.30. The topological polar surface area (TPSA) is 98.8 Å². The second-order valence-corrected chi connectivity index (χ2v) is 8.57. The maximum atomic E-state index is 11.6. The molecule has 0 radical (unpaired) electrons. The Hall–Kier alpha value is -3.07. The molecule has 0 atom stereocenters. The lowest BCUT2D eigenvalue weighted by Crippen LogP contribution is -2.30. The van der Waals surface area contributed by atoms with Crippen LogP contribution < -0.4 is 15.5 Å². The normalized spacial score (nSPS) is 13.8. The van der Waals surface area contributed by atoms with E-state index in [1.165, 1.54) is 31.0 Å². The number of anilines is 4. The molecule has 1 amide bonds. The Bertz CT molecular complexity index is 1030. The number of nitrogens with one attached hydrogen (secondary N) is 3. The van der Waals surface area contributed by atoms with Crippen LogP contribution in [0.5, 0.6) is 0 Å². The highest BCUT2D eigenvalue weighted by atomic mass is 32.2. The Labute approximate surface area is 186 Å². The molecule has 3 heterocycles. The number of nitrogens with zero attached hydrogens (tertiary/aromatic N) is 4. The van der Waals surface area contributed by atoms with Crippen LogP contribution in [0.4, 0.5) is 23.1 Å². The number of carbonyl (C=O) groups is 1. The van der Waals surface area contributed by atoms with Gasteiger partial charge in [-0.2, -0.15) is 5.10 Å². The van der Waals surface area contributed by atoms with Crippen molar-refractivity contribution in [1.29, 1.82) is 0 Å². The van der Waals surface area contributed by atoms with Gasteiger partial charge in [-0.15, -0.1) is 0 Å². The van der Waals surface area contributed by atoms with Gasteiger partial charge in [-0.3, -0.25) is 9.89 Å². The molecule has 1 aromatic carbocycles. The quantitative estimate of drug-likeness (QED) is 0.459. The highest BCUT2D eigenvalue weighted by molar-refractivity contribution is 7.99. The number of carbonyl (C=O) groups excluding carboxylic acids is 1. The van der Waals surface area contributed by atoms with Gasteiger partial charge in [-0.25, -0.2) is 9.97 Å². The number of aryl methyl sites for hydroxylation is 1. The van der Waals surface area contributed by atoms with E-state index in [9.17, 15) is 4.79 Å². The SMILES string of the molecule is CCC(=O)Nc1ccc(Sc2nc(Nc3cc(C)[nH]n3)cc(N3CCCCC3)n2)cc1. The summed E-state index contributed by atoms with van der Waals surface area (Å²) in [6.45, 7) is 5.81. The number of amides is 1. The van der Waals surface area contributed by atoms with Crippen LogP contribution in [0.3, 0.4) is 0 Å². The van der Waals surface area contributed by atoms with Crippen LogP contribution in [0.25, 0.3) is 0 Å². The molecular formula is C22H27N7OS. The third-order valence-corrected chi connectivity index (χ3v) is 5.88. The zero-order valence-corrected chi connectivity index (χ0v) is 18.6. The van der Waals surface area contributed by atoms with Crippen LogP contribution in [0.1, 0.15) is 38.3 Å². The average Bonchev–Trinajstić information content (AvgIpc) is 3.20. The average molecular weight is 438 g/mol. The van der Waals surface area contributed by atoms with E-state index in [1.807, 2.05) is 50.2 Å². The second-order valence-electron chi connectivity index (χ2n) is 7.53. The Morgan fingerprint density at radius 3 is 2.55 bits per heavy atom. The molecule has 1 saturated heterocycles. The van der Waals surface area contributed by atoms with Crippen molar-refractivity contribution in [2.75, 3.05) is 28.6 Å². The third-order valence-electron chi connectivity index (χ3n) is 5.00. The second kappa shape index (κ2) is 9.82. The Kier molecular flexibility index (Phi) is 6.71. The maximum Gasteiger partial charge on any atom is 0.224 e. The molecule has 4 rings (SSSR count). The number of benzene rings is 1. The van der Waals surface area contributed by atoms with Crippen molar-refractivity contribution in [3.63, 3.8) is 0 Å². The van der Waals surface area contributed by atoms with Crippen molar-refractivity contribution in [3.8, 4) is 0 Å². The van der Waals surface area contributed by atoms with Gasteiger partial charge in [-0.05, 0) is 62.2 Å². The Morgan fingerprint density at radius 2 is 1.87 bits per heavy atom. The molecule has 31 heavy (non-hydrogen) atoms. The first-order valence-corrected chi connectivity index (χ1v) is 11.4. The van der Waals surface area contributed by atoms with Gasteiger partial charge in [0, 0.05) is 47.9 Å². The number of aromatic nitrogens is 4. The Morgan fingerprint density at radius 1 is 1.10 bits per heavy atom. The van der Waals surface area contributed by atoms with Gasteiger partial charge in [0.1, 0.15) is 11.6 Å². The minimum atomic E-state index is 0.00212. The molecular weight excluding hydrogens is 410 g/mol. The van der Waals surface area contributed by atoms with Crippen molar-refractivity contribution >= 4 is 40.8 Å². The van der Waals surface area contributed by atoms with Crippen LogP contribution in [-0.2, 0) is 4.79 Å². The summed E-state index contributed by atoms with van der Waals surface area (Å²) in [6.07, 6.45) is 4.08. The molecule has 162 valence electrons. The zero-order valence-electron chi connectivity index (χ0n) is 17.8. The fourth-order valence-electron chi connectivity index (χ4n) is 3.38. The largest absolute Gasteiger partial charge is 0.356 e. The molecule has 0 bridgehead atoms. The summed E-state index contributed by atoms with van der Waals surface area (Å²) in [7, 11) is 0. The first-order valence-electron chi connectivity index (χ1n) is 10.6. The van der Waals surface area contributed by atoms with Crippen LogP contribution >= 0.6 is 11.8 Å². The van der Waals surface area contributed by atoms with Crippen molar-refractivity contribution < 1.29 is 4.79 Å². The molecule has 3 aromatic rings. The van der Waals surface area contributed by atoms with Crippen molar-refractivity contribution in [2.45, 2.75) is 49.6 Å². The fraction of sp³-hybridized carbons (Fsp3) is 0.364. The fourth-order valence-corrected chi connectivity index (χ4v) is 4.15. The number of aromatic amines is 1. The first-order chi connectivity index (χ1) is 15.1. The van der Waals surface area contributed by atoms with Gasteiger partial charge in [-0.1, -0.05) is 6.92 Å². The molecule has 2 aromatic heterocycles. The van der Waals surface area contributed by atoms with E-state index < -0.39 is 0 Å². The van der Waals surface area contributed by atoms with Gasteiger partial charge in [0.25, 0.3) is 0 Å². The molecule has 1 aliphatic heterocycles. The van der Waals surface area contributed by atoms with Gasteiger partial charge in [0.15, 0.2) is 11.0 Å². The van der Waals surface area contributed by atoms with Crippen molar-refractivity contribution in [1.82, 2.24) is 20.2 Å². The maximum absolute atomic E-state index is 11.6. The minimum Gasteiger partial charge on any atom is -0.356 e. The molecule has 9 heteroatoms. The lowest BCUT2D eigenvalue weighted by molar-refractivity contribution is -0.115. The summed E-state index contributed by atoms with van der Waals surface area (Å²) in [6, 6.07) is 11.7. The lowest BCUT2D eigenvalue weighted by atomic mass is 10.1. The first kappa shape index (κ1) is 21.2. The van der Waals surface area contributed by atoms with Crippen molar-refractivity contribution in [3.05, 3.63) is 42.1 Å². The lowest BCUT2D eigenvalue weighted by Gasteiger charge is -2.28. The van der Waals surface area contributed by atoms with Gasteiger partial charge in [0.05, 0.1) is 0 Å². The number of piperidine rings is 1. The van der Waals surface area contributed by atoms with E-state index >= 15 is 0 Å². The van der Waals surface area contributed by atoms with E-state index in [0.717, 1.165) is 46.8 Å². The van der Waals surface area contributed by atoms with E-state index in [2.05, 4.69) is 25.7 Å². The minimum absolute atomic E-state index is 0.00212. The standard InChI is InChI=1S/C22H27N7OS/c1-3-21(30)23-16-7-9-17(10-8-16)31-22-25-18(24-19-13-15(2)27-28-19)14-20(26-22)29-11-5-4-6-12-29/h7-10,13-14H,3-6,11-12H2,1-2H3,(H,23,30)(H2,24,25,26,27,28). The van der Waals surface area contributed by atoms with Crippen LogP contribution in [0, 0.1) is 6.92 Å². The smallest absolute Gasteiger partial charge is 0.224 e. The molecule has 8 nitrogen and oxygen atoms in total. The number of hydrogen-bond donors (Lipinski definition) is 3. The highest BCUT2D eigenvalue weighted by Gasteiger charge is 2.16. The van der Waals surface area contributed by atoms with E-state index in [0.29, 0.717) is 11.6 Å². The predicted molar refractivity (Wildman–Crippen MR) is 124 cm³/mol. The zero-order chi connectivity index (χ0) is 21.6. The Balaban J connectivity index is 1.56. The van der Waals surface area contributed by atoms with Crippen molar-refractivity contribution in [2.24, 2.45) is 0 Å². The third kappa shape index (κ3) is 5.75. The molecule has 1 fully saturated rings. The summed E-state index contributed by atoms with van der Waals surface area (Å²) in [5.41, 5.74) is 1.77. The van der Waals surface area contributed by atoms with Crippen LogP contribution in [-0.4, -0.2) is 39.2 Å². The summed E-state index contributed by atoms with van der Waals surface area (Å²) in [4.78, 5) is 24.4. The molecule has 0 spiro atoms. The van der Waals surface area contributed by atoms with E-state index in [1.54, 1.807) is 0 Å². The molecule has 0 saturated carbocycles. The van der Waals surface area contributed by atoms with Gasteiger partial charge < -0.3 is 15.5 Å². The van der Waals surface area contributed by atoms with E-state index in [4.69, 9.17) is 9.97 Å². The summed E-state index contributed by atoms with van der Waals surface area (Å²) >= 11 is 1.50. The van der Waals surface area contributed by atoms with Gasteiger partial charge >= 0.3 is 0 Å². The summed E-state index contributed by atoms with van der Waals surface area (Å²) in [5.74, 6) is 2.38. The van der Waals surface area contributed by atoms with Gasteiger partial charge in [0.2, 0.25) is 5.91 Å². The summed E-state index contributed by atoms with van der Waals surface area (Å²) < 4.78 is 0. The predicted octanol–water partition coefficient (Wildman–Crippen LogP) is 4.74. The number of rotatable bonds is 7. The molecule has 1 aliphatic rings.